The molecule has 17 heavy (non-hydrogen) atoms. The number of benzene rings is 2. The van der Waals surface area contributed by atoms with Crippen LogP contribution in [0.25, 0.3) is 0 Å². The maximum Gasteiger partial charge on any atom is 0.166 e. The molecule has 0 bridgehead atoms. The third-order valence-corrected chi connectivity index (χ3v) is 2.49. The summed E-state index contributed by atoms with van der Waals surface area (Å²) in [5.41, 5.74) is 6.14. The lowest BCUT2D eigenvalue weighted by Crippen LogP contribution is -1.97. The van der Waals surface area contributed by atoms with Gasteiger partial charge in [-0.05, 0) is 35.9 Å². The molecule has 2 rings (SSSR count). The van der Waals surface area contributed by atoms with Crippen molar-refractivity contribution >= 4 is 11.6 Å². The van der Waals surface area contributed by atoms with Crippen molar-refractivity contribution in [2.24, 2.45) is 5.73 Å². The molecule has 0 unspecified atom stereocenters. The Kier molecular flexibility index (Phi) is 3.61. The molecule has 88 valence electrons. The molecule has 0 amide bonds. The summed E-state index contributed by atoms with van der Waals surface area (Å²) in [6.07, 6.45) is 0. The molecule has 0 aromatic heterocycles. The molecule has 0 radical (unpaired) electrons. The molecule has 0 aliphatic rings. The predicted molar refractivity (Wildman–Crippen MR) is 65.8 cm³/mol. The quantitative estimate of drug-likeness (QED) is 0.902. The summed E-state index contributed by atoms with van der Waals surface area (Å²) in [7, 11) is 0. The molecule has 2 aromatic rings. The van der Waals surface area contributed by atoms with Crippen LogP contribution in [0.1, 0.15) is 5.56 Å². The molecule has 2 nitrogen and oxygen atoms in total. The topological polar surface area (TPSA) is 35.2 Å². The molecule has 0 aliphatic carbocycles. The fourth-order valence-corrected chi connectivity index (χ4v) is 1.59. The highest BCUT2D eigenvalue weighted by atomic mass is 35.5. The molecule has 0 heterocycles. The van der Waals surface area contributed by atoms with Gasteiger partial charge in [0.15, 0.2) is 11.6 Å². The van der Waals surface area contributed by atoms with E-state index in [9.17, 15) is 4.39 Å². The van der Waals surface area contributed by atoms with E-state index in [0.717, 1.165) is 5.56 Å². The number of hydrogen-bond donors (Lipinski definition) is 1. The smallest absolute Gasteiger partial charge is 0.166 e. The molecule has 0 saturated carbocycles. The summed E-state index contributed by atoms with van der Waals surface area (Å²) in [5.74, 6) is 0.217. The third-order valence-electron chi connectivity index (χ3n) is 2.26. The SMILES string of the molecule is NCc1ccc(Oc2cccc(Cl)c2)c(F)c1. The van der Waals surface area contributed by atoms with Crippen molar-refractivity contribution in [2.45, 2.75) is 6.54 Å². The van der Waals surface area contributed by atoms with Crippen molar-refractivity contribution in [1.82, 2.24) is 0 Å². The first-order chi connectivity index (χ1) is 8.19. The van der Waals surface area contributed by atoms with Gasteiger partial charge in [0.2, 0.25) is 0 Å². The van der Waals surface area contributed by atoms with Crippen LogP contribution in [0, 0.1) is 5.82 Å². The Balaban J connectivity index is 2.24. The minimum Gasteiger partial charge on any atom is -0.454 e. The van der Waals surface area contributed by atoms with Gasteiger partial charge in [-0.3, -0.25) is 0 Å². The second-order valence-electron chi connectivity index (χ2n) is 3.53. The van der Waals surface area contributed by atoms with Crippen LogP contribution < -0.4 is 10.5 Å². The van der Waals surface area contributed by atoms with Crippen LogP contribution in [0.4, 0.5) is 4.39 Å². The molecule has 4 heteroatoms. The fourth-order valence-electron chi connectivity index (χ4n) is 1.41. The van der Waals surface area contributed by atoms with Gasteiger partial charge in [0.05, 0.1) is 0 Å². The fraction of sp³-hybridized carbons (Fsp3) is 0.0769. The van der Waals surface area contributed by atoms with E-state index in [1.165, 1.54) is 6.07 Å². The van der Waals surface area contributed by atoms with E-state index in [0.29, 0.717) is 17.3 Å². The van der Waals surface area contributed by atoms with Gasteiger partial charge in [0.25, 0.3) is 0 Å². The van der Waals surface area contributed by atoms with Crippen molar-refractivity contribution in [2.75, 3.05) is 0 Å². The lowest BCUT2D eigenvalue weighted by Gasteiger charge is -2.07. The van der Waals surface area contributed by atoms with Crippen LogP contribution in [-0.4, -0.2) is 0 Å². The van der Waals surface area contributed by atoms with Crippen molar-refractivity contribution < 1.29 is 9.13 Å². The molecular weight excluding hydrogens is 241 g/mol. The molecule has 2 aromatic carbocycles. The van der Waals surface area contributed by atoms with Gasteiger partial charge in [-0.1, -0.05) is 23.7 Å². The number of hydrogen-bond acceptors (Lipinski definition) is 2. The van der Waals surface area contributed by atoms with Crippen LogP contribution in [0.2, 0.25) is 5.02 Å². The summed E-state index contributed by atoms with van der Waals surface area (Å²) in [4.78, 5) is 0. The molecular formula is C13H11ClFNO. The Morgan fingerprint density at radius 1 is 1.18 bits per heavy atom. The van der Waals surface area contributed by atoms with Crippen molar-refractivity contribution in [3.05, 3.63) is 58.9 Å². The number of rotatable bonds is 3. The van der Waals surface area contributed by atoms with Crippen LogP contribution in [0.5, 0.6) is 11.5 Å². The zero-order valence-electron chi connectivity index (χ0n) is 8.99. The Labute approximate surface area is 104 Å². The molecule has 0 aliphatic heterocycles. The molecule has 0 fully saturated rings. The lowest BCUT2D eigenvalue weighted by molar-refractivity contribution is 0.441. The van der Waals surface area contributed by atoms with Gasteiger partial charge in [-0.25, -0.2) is 4.39 Å². The zero-order chi connectivity index (χ0) is 12.3. The average molecular weight is 252 g/mol. The first-order valence-corrected chi connectivity index (χ1v) is 5.49. The Morgan fingerprint density at radius 2 is 2.00 bits per heavy atom. The summed E-state index contributed by atoms with van der Waals surface area (Å²) in [6.45, 7) is 0.300. The standard InChI is InChI=1S/C13H11ClFNO/c14-10-2-1-3-11(7-10)17-13-5-4-9(8-16)6-12(13)15/h1-7H,8,16H2. The van der Waals surface area contributed by atoms with Crippen LogP contribution in [0.3, 0.4) is 0 Å². The van der Waals surface area contributed by atoms with E-state index in [2.05, 4.69) is 0 Å². The highest BCUT2D eigenvalue weighted by Gasteiger charge is 2.05. The van der Waals surface area contributed by atoms with Gasteiger partial charge in [0.1, 0.15) is 5.75 Å². The maximum atomic E-state index is 13.6. The Morgan fingerprint density at radius 3 is 2.65 bits per heavy atom. The van der Waals surface area contributed by atoms with Crippen molar-refractivity contribution in [3.63, 3.8) is 0 Å². The van der Waals surface area contributed by atoms with Gasteiger partial charge in [-0.15, -0.1) is 0 Å². The van der Waals surface area contributed by atoms with E-state index >= 15 is 0 Å². The Hall–Kier alpha value is -1.58. The second-order valence-corrected chi connectivity index (χ2v) is 3.96. The van der Waals surface area contributed by atoms with E-state index in [1.807, 2.05) is 0 Å². The molecule has 2 N–H and O–H groups in total. The van der Waals surface area contributed by atoms with E-state index in [1.54, 1.807) is 36.4 Å². The van der Waals surface area contributed by atoms with Gasteiger partial charge < -0.3 is 10.5 Å². The van der Waals surface area contributed by atoms with Crippen LogP contribution >= 0.6 is 11.6 Å². The van der Waals surface area contributed by atoms with E-state index in [-0.39, 0.29) is 5.75 Å². The van der Waals surface area contributed by atoms with Crippen LogP contribution in [-0.2, 0) is 6.54 Å². The minimum atomic E-state index is -0.437. The van der Waals surface area contributed by atoms with Gasteiger partial charge in [-0.2, -0.15) is 0 Å². The highest BCUT2D eigenvalue weighted by molar-refractivity contribution is 6.30. The average Bonchev–Trinajstić information content (AvgIpc) is 2.32. The summed E-state index contributed by atoms with van der Waals surface area (Å²) < 4.78 is 19.0. The number of ether oxygens (including phenoxy) is 1. The summed E-state index contributed by atoms with van der Waals surface area (Å²) >= 11 is 5.81. The van der Waals surface area contributed by atoms with Gasteiger partial charge in [0, 0.05) is 11.6 Å². The normalized spacial score (nSPS) is 10.3. The second kappa shape index (κ2) is 5.17. The number of halogens is 2. The first-order valence-electron chi connectivity index (χ1n) is 5.11. The maximum absolute atomic E-state index is 13.6. The largest absolute Gasteiger partial charge is 0.454 e. The third kappa shape index (κ3) is 2.96. The summed E-state index contributed by atoms with van der Waals surface area (Å²) in [6, 6.07) is 11.4. The minimum absolute atomic E-state index is 0.157. The van der Waals surface area contributed by atoms with E-state index < -0.39 is 5.82 Å². The van der Waals surface area contributed by atoms with Crippen molar-refractivity contribution in [1.29, 1.82) is 0 Å². The van der Waals surface area contributed by atoms with E-state index in [4.69, 9.17) is 22.1 Å². The lowest BCUT2D eigenvalue weighted by atomic mass is 10.2. The van der Waals surface area contributed by atoms with Crippen LogP contribution in [0.15, 0.2) is 42.5 Å². The Bertz CT molecular complexity index is 531. The molecule has 0 atom stereocenters. The predicted octanol–water partition coefficient (Wildman–Crippen LogP) is 3.73. The first kappa shape index (κ1) is 11.9. The summed E-state index contributed by atoms with van der Waals surface area (Å²) in [5, 5.41) is 0.543. The molecule has 0 saturated heterocycles. The molecule has 0 spiro atoms. The number of nitrogens with two attached hydrogens (primary N) is 1. The monoisotopic (exact) mass is 251 g/mol. The highest BCUT2D eigenvalue weighted by Crippen LogP contribution is 2.26. The van der Waals surface area contributed by atoms with Crippen molar-refractivity contribution in [3.8, 4) is 11.5 Å². The van der Waals surface area contributed by atoms with Gasteiger partial charge >= 0.3 is 0 Å². The zero-order valence-corrected chi connectivity index (χ0v) is 9.75.